The van der Waals surface area contributed by atoms with E-state index in [0.29, 0.717) is 11.5 Å². The highest BCUT2D eigenvalue weighted by molar-refractivity contribution is 6.31. The molecule has 0 aliphatic heterocycles. The Balaban J connectivity index is 1.93. The van der Waals surface area contributed by atoms with E-state index >= 15 is 0 Å². The van der Waals surface area contributed by atoms with E-state index < -0.39 is 5.82 Å². The fourth-order valence-electron chi connectivity index (χ4n) is 2.47. The summed E-state index contributed by atoms with van der Waals surface area (Å²) in [6.07, 6.45) is 5.05. The van der Waals surface area contributed by atoms with Gasteiger partial charge in [0.05, 0.1) is 16.1 Å². The third-order valence-electron chi connectivity index (χ3n) is 3.81. The van der Waals surface area contributed by atoms with Gasteiger partial charge in [0.25, 0.3) is 0 Å². The summed E-state index contributed by atoms with van der Waals surface area (Å²) < 4.78 is 15.3. The number of fused-ring (bicyclic) bond motifs is 1. The minimum Gasteiger partial charge on any atom is -0.369 e. The molecule has 5 heteroatoms. The minimum atomic E-state index is -0.451. The number of hydrogen-bond acceptors (Lipinski definition) is 2. The van der Waals surface area contributed by atoms with Crippen LogP contribution in [0.4, 0.5) is 10.3 Å². The van der Waals surface area contributed by atoms with E-state index in [1.165, 1.54) is 25.3 Å². The van der Waals surface area contributed by atoms with Gasteiger partial charge in [-0.05, 0) is 18.4 Å². The normalized spacial score (nSPS) is 16.1. The molecule has 0 atom stereocenters. The molecule has 0 spiro atoms. The molecule has 0 radical (unpaired) electrons. The highest BCUT2D eigenvalue weighted by Gasteiger charge is 2.18. The van der Waals surface area contributed by atoms with Gasteiger partial charge in [0.1, 0.15) is 5.82 Å². The lowest BCUT2D eigenvalue weighted by Gasteiger charge is -2.25. The maximum atomic E-state index is 13.3. The van der Waals surface area contributed by atoms with Crippen molar-refractivity contribution in [2.45, 2.75) is 32.2 Å². The average Bonchev–Trinajstić information content (AvgIpc) is 2.54. The molecule has 2 N–H and O–H groups in total. The fourth-order valence-corrected chi connectivity index (χ4v) is 2.62. The summed E-state index contributed by atoms with van der Waals surface area (Å²) in [5.41, 5.74) is 7.28. The van der Waals surface area contributed by atoms with Crippen LogP contribution in [0.1, 0.15) is 25.7 Å². The van der Waals surface area contributed by atoms with Gasteiger partial charge < -0.3 is 10.3 Å². The SMILES string of the molecule is Nc1nc2cc(F)c(Cl)cc2n1CCC1CCC1. The number of nitrogen functional groups attached to an aromatic ring is 1. The predicted octanol–water partition coefficient (Wildman–Crippen LogP) is 3.60. The van der Waals surface area contributed by atoms with Crippen LogP contribution in [-0.4, -0.2) is 9.55 Å². The van der Waals surface area contributed by atoms with E-state index in [4.69, 9.17) is 17.3 Å². The Kier molecular flexibility index (Phi) is 2.90. The van der Waals surface area contributed by atoms with Crippen LogP contribution in [0.15, 0.2) is 12.1 Å². The molecule has 0 saturated heterocycles. The first kappa shape index (κ1) is 11.8. The zero-order chi connectivity index (χ0) is 12.7. The fraction of sp³-hybridized carbons (Fsp3) is 0.462. The molecule has 1 aromatic carbocycles. The molecule has 3 rings (SSSR count). The van der Waals surface area contributed by atoms with Crippen molar-refractivity contribution in [2.75, 3.05) is 5.73 Å². The van der Waals surface area contributed by atoms with Crippen LogP contribution in [0.2, 0.25) is 5.02 Å². The predicted molar refractivity (Wildman–Crippen MR) is 71.1 cm³/mol. The zero-order valence-corrected chi connectivity index (χ0v) is 10.8. The number of imidazole rings is 1. The molecule has 1 aromatic heterocycles. The van der Waals surface area contributed by atoms with E-state index in [0.717, 1.165) is 24.4 Å². The van der Waals surface area contributed by atoms with Crippen molar-refractivity contribution >= 4 is 28.6 Å². The van der Waals surface area contributed by atoms with Gasteiger partial charge in [-0.3, -0.25) is 0 Å². The standard InChI is InChI=1S/C13H15ClFN3/c14-9-6-12-11(7-10(9)15)17-13(16)18(12)5-4-8-2-1-3-8/h6-8H,1-5H2,(H2,16,17). The zero-order valence-electron chi connectivity index (χ0n) is 10.00. The van der Waals surface area contributed by atoms with Gasteiger partial charge >= 0.3 is 0 Å². The quantitative estimate of drug-likeness (QED) is 0.923. The van der Waals surface area contributed by atoms with Crippen LogP contribution < -0.4 is 5.73 Å². The number of nitrogens with two attached hydrogens (primary N) is 1. The van der Waals surface area contributed by atoms with Gasteiger partial charge in [-0.25, -0.2) is 9.37 Å². The summed E-state index contributed by atoms with van der Waals surface area (Å²) in [5.74, 6) is 0.788. The molecule has 2 aromatic rings. The first-order valence-corrected chi connectivity index (χ1v) is 6.63. The van der Waals surface area contributed by atoms with Gasteiger partial charge in [0.15, 0.2) is 0 Å². The summed E-state index contributed by atoms with van der Waals surface area (Å²) in [6.45, 7) is 0.828. The largest absolute Gasteiger partial charge is 0.369 e. The molecular formula is C13H15ClFN3. The summed E-state index contributed by atoms with van der Waals surface area (Å²) >= 11 is 5.81. The first-order chi connectivity index (χ1) is 8.65. The molecule has 1 heterocycles. The van der Waals surface area contributed by atoms with Gasteiger partial charge in [-0.2, -0.15) is 0 Å². The van der Waals surface area contributed by atoms with E-state index in [-0.39, 0.29) is 5.02 Å². The third kappa shape index (κ3) is 1.94. The smallest absolute Gasteiger partial charge is 0.201 e. The maximum absolute atomic E-state index is 13.3. The van der Waals surface area contributed by atoms with Crippen molar-refractivity contribution in [1.29, 1.82) is 0 Å². The first-order valence-electron chi connectivity index (χ1n) is 6.26. The number of nitrogens with zero attached hydrogens (tertiary/aromatic N) is 2. The van der Waals surface area contributed by atoms with Crippen molar-refractivity contribution in [3.63, 3.8) is 0 Å². The highest BCUT2D eigenvalue weighted by atomic mass is 35.5. The second-order valence-electron chi connectivity index (χ2n) is 4.96. The maximum Gasteiger partial charge on any atom is 0.201 e. The molecule has 1 saturated carbocycles. The van der Waals surface area contributed by atoms with E-state index in [9.17, 15) is 4.39 Å². The Bertz CT molecular complexity index is 589. The van der Waals surface area contributed by atoms with Crippen LogP contribution in [-0.2, 0) is 6.54 Å². The molecule has 0 amide bonds. The topological polar surface area (TPSA) is 43.8 Å². The van der Waals surface area contributed by atoms with E-state index in [2.05, 4.69) is 4.98 Å². The number of halogens is 2. The van der Waals surface area contributed by atoms with Crippen molar-refractivity contribution in [3.8, 4) is 0 Å². The Morgan fingerprint density at radius 3 is 2.89 bits per heavy atom. The highest BCUT2D eigenvalue weighted by Crippen LogP contribution is 2.31. The molecule has 18 heavy (non-hydrogen) atoms. The second-order valence-corrected chi connectivity index (χ2v) is 5.37. The summed E-state index contributed by atoms with van der Waals surface area (Å²) in [4.78, 5) is 4.18. The van der Waals surface area contributed by atoms with Crippen molar-refractivity contribution in [1.82, 2.24) is 9.55 Å². The number of hydrogen-bond donors (Lipinski definition) is 1. The van der Waals surface area contributed by atoms with Crippen LogP contribution in [0.5, 0.6) is 0 Å². The average molecular weight is 268 g/mol. The molecule has 3 nitrogen and oxygen atoms in total. The van der Waals surface area contributed by atoms with E-state index in [1.54, 1.807) is 6.07 Å². The van der Waals surface area contributed by atoms with Gasteiger partial charge in [-0.15, -0.1) is 0 Å². The second kappa shape index (κ2) is 4.43. The van der Waals surface area contributed by atoms with Crippen molar-refractivity contribution in [3.05, 3.63) is 23.0 Å². The Morgan fingerprint density at radius 2 is 2.22 bits per heavy atom. The monoisotopic (exact) mass is 267 g/mol. The van der Waals surface area contributed by atoms with Crippen molar-refractivity contribution in [2.24, 2.45) is 5.92 Å². The number of anilines is 1. The number of rotatable bonds is 3. The molecule has 1 aliphatic rings. The summed E-state index contributed by atoms with van der Waals surface area (Å²) in [5, 5.41) is 0.118. The number of benzene rings is 1. The van der Waals surface area contributed by atoms with Gasteiger partial charge in [-0.1, -0.05) is 30.9 Å². The lowest BCUT2D eigenvalue weighted by atomic mass is 9.83. The molecule has 96 valence electrons. The number of aromatic nitrogens is 2. The summed E-state index contributed by atoms with van der Waals surface area (Å²) in [7, 11) is 0. The minimum absolute atomic E-state index is 0.118. The Labute approximate surface area is 110 Å². The van der Waals surface area contributed by atoms with Gasteiger partial charge in [0.2, 0.25) is 5.95 Å². The molecule has 0 unspecified atom stereocenters. The van der Waals surface area contributed by atoms with Crippen LogP contribution in [0, 0.1) is 11.7 Å². The molecular weight excluding hydrogens is 253 g/mol. The lowest BCUT2D eigenvalue weighted by molar-refractivity contribution is 0.284. The van der Waals surface area contributed by atoms with Crippen LogP contribution in [0.25, 0.3) is 11.0 Å². The van der Waals surface area contributed by atoms with Crippen molar-refractivity contribution < 1.29 is 4.39 Å². The third-order valence-corrected chi connectivity index (χ3v) is 4.10. The van der Waals surface area contributed by atoms with E-state index in [1.807, 2.05) is 4.57 Å². The Hall–Kier alpha value is -1.29. The van der Waals surface area contributed by atoms with Gasteiger partial charge in [0, 0.05) is 12.6 Å². The summed E-state index contributed by atoms with van der Waals surface area (Å²) in [6, 6.07) is 2.95. The lowest BCUT2D eigenvalue weighted by Crippen LogP contribution is -2.14. The Morgan fingerprint density at radius 1 is 1.44 bits per heavy atom. The number of aryl methyl sites for hydroxylation is 1. The molecule has 1 aliphatic carbocycles. The van der Waals surface area contributed by atoms with Crippen LogP contribution >= 0.6 is 11.6 Å². The van der Waals surface area contributed by atoms with Crippen LogP contribution in [0.3, 0.4) is 0 Å². The molecule has 0 bridgehead atoms. The molecule has 1 fully saturated rings.